The van der Waals surface area contributed by atoms with Gasteiger partial charge in [-0.05, 0) is 49.5 Å². The number of hydrogen-bond acceptors (Lipinski definition) is 6. The third kappa shape index (κ3) is 5.72. The molecular weight excluding hydrogens is 432 g/mol. The van der Waals surface area contributed by atoms with Gasteiger partial charge in [-0.25, -0.2) is 4.79 Å². The van der Waals surface area contributed by atoms with Gasteiger partial charge in [-0.2, -0.15) is 0 Å². The van der Waals surface area contributed by atoms with Crippen molar-refractivity contribution in [3.63, 3.8) is 0 Å². The molecule has 0 aliphatic carbocycles. The first-order valence-corrected chi connectivity index (χ1v) is 11.7. The third-order valence-corrected chi connectivity index (χ3v) is 6.39. The SMILES string of the molecule is COc1ccc(NC(=O)N2CCN(c3ccc(NC(C)=O)cc3)CC2)cc1N1CCN(C)CC1. The van der Waals surface area contributed by atoms with Crippen molar-refractivity contribution in [2.24, 2.45) is 0 Å². The van der Waals surface area contributed by atoms with Crippen LogP contribution in [0.4, 0.5) is 27.5 Å². The van der Waals surface area contributed by atoms with Gasteiger partial charge in [0.15, 0.2) is 0 Å². The molecule has 9 heteroatoms. The van der Waals surface area contributed by atoms with Crippen LogP contribution in [0.5, 0.6) is 5.75 Å². The Hall–Kier alpha value is -3.46. The van der Waals surface area contributed by atoms with Crippen molar-refractivity contribution in [2.75, 3.05) is 86.9 Å². The number of hydrogen-bond donors (Lipinski definition) is 2. The van der Waals surface area contributed by atoms with Gasteiger partial charge in [0.05, 0.1) is 12.8 Å². The summed E-state index contributed by atoms with van der Waals surface area (Å²) in [5, 5.41) is 5.85. The molecule has 182 valence electrons. The Morgan fingerprint density at radius 2 is 1.41 bits per heavy atom. The van der Waals surface area contributed by atoms with Crippen LogP contribution in [0.25, 0.3) is 0 Å². The largest absolute Gasteiger partial charge is 0.495 e. The van der Waals surface area contributed by atoms with E-state index in [9.17, 15) is 9.59 Å². The number of carbonyl (C=O) groups is 2. The summed E-state index contributed by atoms with van der Waals surface area (Å²) in [4.78, 5) is 32.9. The average Bonchev–Trinajstić information content (AvgIpc) is 2.85. The lowest BCUT2D eigenvalue weighted by molar-refractivity contribution is -0.114. The zero-order valence-corrected chi connectivity index (χ0v) is 20.2. The first-order chi connectivity index (χ1) is 16.4. The molecule has 2 fully saturated rings. The molecule has 2 N–H and O–H groups in total. The van der Waals surface area contributed by atoms with Crippen LogP contribution in [0.1, 0.15) is 6.92 Å². The van der Waals surface area contributed by atoms with Crippen LogP contribution in [0.2, 0.25) is 0 Å². The van der Waals surface area contributed by atoms with E-state index in [-0.39, 0.29) is 11.9 Å². The van der Waals surface area contributed by atoms with Crippen molar-refractivity contribution >= 4 is 34.7 Å². The molecule has 3 amide bonds. The van der Waals surface area contributed by atoms with Crippen LogP contribution in [0.15, 0.2) is 42.5 Å². The summed E-state index contributed by atoms with van der Waals surface area (Å²) in [6.45, 7) is 8.14. The minimum Gasteiger partial charge on any atom is -0.495 e. The molecule has 2 aliphatic heterocycles. The highest BCUT2D eigenvalue weighted by Crippen LogP contribution is 2.32. The van der Waals surface area contributed by atoms with Crippen LogP contribution in [-0.2, 0) is 4.79 Å². The average molecular weight is 467 g/mol. The van der Waals surface area contributed by atoms with Gasteiger partial charge in [-0.15, -0.1) is 0 Å². The molecule has 2 aromatic carbocycles. The minimum absolute atomic E-state index is 0.0834. The molecule has 4 rings (SSSR count). The Morgan fingerprint density at radius 3 is 2.03 bits per heavy atom. The van der Waals surface area contributed by atoms with E-state index < -0.39 is 0 Å². The fourth-order valence-corrected chi connectivity index (χ4v) is 4.39. The molecule has 34 heavy (non-hydrogen) atoms. The maximum absolute atomic E-state index is 12.9. The van der Waals surface area contributed by atoms with Crippen LogP contribution < -0.4 is 25.2 Å². The molecule has 0 saturated carbocycles. The smallest absolute Gasteiger partial charge is 0.321 e. The summed E-state index contributed by atoms with van der Waals surface area (Å²) in [6, 6.07) is 13.5. The summed E-state index contributed by atoms with van der Waals surface area (Å²) in [5.74, 6) is 0.737. The maximum atomic E-state index is 12.9. The second kappa shape index (κ2) is 10.6. The number of nitrogens with one attached hydrogen (secondary N) is 2. The third-order valence-electron chi connectivity index (χ3n) is 6.39. The number of likely N-dealkylation sites (N-methyl/N-ethyl adjacent to an activating group) is 1. The summed E-state index contributed by atoms with van der Waals surface area (Å²) < 4.78 is 5.58. The van der Waals surface area contributed by atoms with Crippen molar-refractivity contribution in [1.29, 1.82) is 0 Å². The number of nitrogens with zero attached hydrogens (tertiary/aromatic N) is 4. The van der Waals surface area contributed by atoms with Gasteiger partial charge < -0.3 is 35.0 Å². The fraction of sp³-hybridized carbons (Fsp3) is 0.440. The van der Waals surface area contributed by atoms with Crippen LogP contribution in [-0.4, -0.2) is 88.3 Å². The van der Waals surface area contributed by atoms with Crippen molar-refractivity contribution in [3.8, 4) is 5.75 Å². The van der Waals surface area contributed by atoms with Gasteiger partial charge in [0.1, 0.15) is 5.75 Å². The molecule has 0 atom stereocenters. The summed E-state index contributed by atoms with van der Waals surface area (Å²) in [7, 11) is 3.81. The van der Waals surface area contributed by atoms with E-state index in [2.05, 4.69) is 32.4 Å². The Balaban J connectivity index is 1.34. The van der Waals surface area contributed by atoms with Crippen LogP contribution in [0, 0.1) is 0 Å². The molecule has 2 aliphatic rings. The molecule has 0 aromatic heterocycles. The number of rotatable bonds is 5. The van der Waals surface area contributed by atoms with Gasteiger partial charge in [-0.3, -0.25) is 4.79 Å². The minimum atomic E-state index is -0.0878. The highest BCUT2D eigenvalue weighted by atomic mass is 16.5. The maximum Gasteiger partial charge on any atom is 0.321 e. The summed E-state index contributed by atoms with van der Waals surface area (Å²) in [6.07, 6.45) is 0. The zero-order chi connectivity index (χ0) is 24.1. The van der Waals surface area contributed by atoms with E-state index in [4.69, 9.17) is 4.74 Å². The highest BCUT2D eigenvalue weighted by Gasteiger charge is 2.23. The normalized spacial score (nSPS) is 16.9. The van der Waals surface area contributed by atoms with Crippen molar-refractivity contribution < 1.29 is 14.3 Å². The van der Waals surface area contributed by atoms with E-state index in [1.165, 1.54) is 6.92 Å². The lowest BCUT2D eigenvalue weighted by atomic mass is 10.2. The number of benzene rings is 2. The Morgan fingerprint density at radius 1 is 0.794 bits per heavy atom. The number of piperazine rings is 2. The Labute approximate surface area is 201 Å². The molecule has 0 spiro atoms. The molecule has 9 nitrogen and oxygen atoms in total. The van der Waals surface area contributed by atoms with Crippen LogP contribution >= 0.6 is 0 Å². The molecule has 0 radical (unpaired) electrons. The number of carbonyl (C=O) groups excluding carboxylic acids is 2. The summed E-state index contributed by atoms with van der Waals surface area (Å²) >= 11 is 0. The molecule has 0 unspecified atom stereocenters. The standard InChI is InChI=1S/C25H34N6O3/c1-19(32)26-20-4-7-22(8-5-20)29-14-16-31(17-15-29)25(33)27-21-6-9-24(34-3)23(18-21)30-12-10-28(2)11-13-30/h4-9,18H,10-17H2,1-3H3,(H,26,32)(H,27,33). The molecule has 0 bridgehead atoms. The second-order valence-corrected chi connectivity index (χ2v) is 8.81. The number of ether oxygens (including phenoxy) is 1. The highest BCUT2D eigenvalue weighted by molar-refractivity contribution is 5.91. The first-order valence-electron chi connectivity index (χ1n) is 11.7. The monoisotopic (exact) mass is 466 g/mol. The molecule has 2 saturated heterocycles. The fourth-order valence-electron chi connectivity index (χ4n) is 4.39. The number of anilines is 4. The quantitative estimate of drug-likeness (QED) is 0.706. The lowest BCUT2D eigenvalue weighted by Gasteiger charge is -2.36. The van der Waals surface area contributed by atoms with Crippen molar-refractivity contribution in [3.05, 3.63) is 42.5 Å². The number of methoxy groups -OCH3 is 1. The number of urea groups is 1. The van der Waals surface area contributed by atoms with Gasteiger partial charge in [0, 0.05) is 76.3 Å². The number of amides is 3. The Kier molecular flexibility index (Phi) is 7.42. The molecule has 2 heterocycles. The first kappa shape index (κ1) is 23.7. The van der Waals surface area contributed by atoms with Gasteiger partial charge >= 0.3 is 6.03 Å². The van der Waals surface area contributed by atoms with Gasteiger partial charge in [0.25, 0.3) is 0 Å². The predicted molar refractivity (Wildman–Crippen MR) is 136 cm³/mol. The van der Waals surface area contributed by atoms with E-state index in [1.807, 2.05) is 47.4 Å². The van der Waals surface area contributed by atoms with E-state index in [0.29, 0.717) is 13.1 Å². The molecule has 2 aromatic rings. The van der Waals surface area contributed by atoms with Crippen LogP contribution in [0.3, 0.4) is 0 Å². The van der Waals surface area contributed by atoms with Crippen molar-refractivity contribution in [2.45, 2.75) is 6.92 Å². The second-order valence-electron chi connectivity index (χ2n) is 8.81. The predicted octanol–water partition coefficient (Wildman–Crippen LogP) is 2.76. The van der Waals surface area contributed by atoms with E-state index in [0.717, 1.165) is 67.8 Å². The zero-order valence-electron chi connectivity index (χ0n) is 20.2. The van der Waals surface area contributed by atoms with Gasteiger partial charge in [0.2, 0.25) is 5.91 Å². The topological polar surface area (TPSA) is 80.4 Å². The van der Waals surface area contributed by atoms with E-state index in [1.54, 1.807) is 7.11 Å². The van der Waals surface area contributed by atoms with E-state index >= 15 is 0 Å². The summed E-state index contributed by atoms with van der Waals surface area (Å²) in [5.41, 5.74) is 3.66. The van der Waals surface area contributed by atoms with Gasteiger partial charge in [-0.1, -0.05) is 0 Å². The Bertz CT molecular complexity index is 996. The van der Waals surface area contributed by atoms with Crippen molar-refractivity contribution in [1.82, 2.24) is 9.80 Å². The molecular formula is C25H34N6O3. The lowest BCUT2D eigenvalue weighted by Crippen LogP contribution is -2.50.